The maximum atomic E-state index is 12.4. The van der Waals surface area contributed by atoms with Crippen molar-refractivity contribution >= 4 is 51.2 Å². The molecule has 0 aliphatic carbocycles. The lowest BCUT2D eigenvalue weighted by Crippen LogP contribution is -2.23. The molecule has 8 nitrogen and oxygen atoms in total. The number of carbonyl (C=O) groups excluding carboxylic acids is 1. The molecular formula is C16H14ClN5O3S. The fourth-order valence-electron chi connectivity index (χ4n) is 2.74. The Bertz CT molecular complexity index is 1050. The first-order chi connectivity index (χ1) is 12.5. The minimum Gasteiger partial charge on any atom is -0.447 e. The normalized spacial score (nSPS) is 15.3. The van der Waals surface area contributed by atoms with E-state index in [1.807, 2.05) is 6.92 Å². The second-order valence-corrected chi connectivity index (χ2v) is 6.98. The third-order valence-electron chi connectivity index (χ3n) is 4.05. The number of rotatable bonds is 4. The van der Waals surface area contributed by atoms with E-state index in [-0.39, 0.29) is 11.6 Å². The Morgan fingerprint density at radius 3 is 3.00 bits per heavy atom. The third-order valence-corrected chi connectivity index (χ3v) is 5.03. The Kier molecular flexibility index (Phi) is 4.25. The Balaban J connectivity index is 1.58. The zero-order valence-corrected chi connectivity index (χ0v) is 15.2. The van der Waals surface area contributed by atoms with Crippen molar-refractivity contribution in [1.82, 2.24) is 14.3 Å². The second kappa shape index (κ2) is 6.58. The topological polar surface area (TPSA) is 100 Å². The van der Waals surface area contributed by atoms with Gasteiger partial charge in [0.25, 0.3) is 5.56 Å². The molecule has 1 aliphatic rings. The summed E-state index contributed by atoms with van der Waals surface area (Å²) in [5, 5.41) is 4.99. The number of nitrogens with one attached hydrogen (secondary N) is 2. The van der Waals surface area contributed by atoms with Crippen molar-refractivity contribution in [2.45, 2.75) is 13.0 Å². The molecule has 0 spiro atoms. The molecule has 1 aliphatic heterocycles. The van der Waals surface area contributed by atoms with Gasteiger partial charge in [0.05, 0.1) is 12.6 Å². The predicted octanol–water partition coefficient (Wildman–Crippen LogP) is 3.16. The van der Waals surface area contributed by atoms with Crippen molar-refractivity contribution in [3.8, 4) is 0 Å². The SMILES string of the molecule is C[C@H](Nc1nsc(N2CCOC2=O)n1)c1cc2cc(Cl)ccc2[nH]c1=O. The Morgan fingerprint density at radius 2 is 2.23 bits per heavy atom. The van der Waals surface area contributed by atoms with Crippen LogP contribution < -0.4 is 15.8 Å². The van der Waals surface area contributed by atoms with Crippen LogP contribution in [0.3, 0.4) is 0 Å². The van der Waals surface area contributed by atoms with Crippen LogP contribution in [0.1, 0.15) is 18.5 Å². The van der Waals surface area contributed by atoms with E-state index < -0.39 is 6.09 Å². The van der Waals surface area contributed by atoms with Crippen molar-refractivity contribution in [2.24, 2.45) is 0 Å². The smallest absolute Gasteiger partial charge is 0.416 e. The molecule has 3 aromatic rings. The molecule has 2 N–H and O–H groups in total. The van der Waals surface area contributed by atoms with Crippen LogP contribution >= 0.6 is 23.1 Å². The van der Waals surface area contributed by atoms with Crippen molar-refractivity contribution in [2.75, 3.05) is 23.4 Å². The summed E-state index contributed by atoms with van der Waals surface area (Å²) in [6.07, 6.45) is -0.427. The number of aromatic nitrogens is 3. The van der Waals surface area contributed by atoms with Gasteiger partial charge in [-0.1, -0.05) is 11.6 Å². The van der Waals surface area contributed by atoms with E-state index in [1.165, 1.54) is 4.90 Å². The van der Waals surface area contributed by atoms with Gasteiger partial charge in [-0.05, 0) is 31.2 Å². The average molecular weight is 392 g/mol. The maximum absolute atomic E-state index is 12.4. The summed E-state index contributed by atoms with van der Waals surface area (Å²) in [7, 11) is 0. The summed E-state index contributed by atoms with van der Waals surface area (Å²) < 4.78 is 9.10. The monoisotopic (exact) mass is 391 g/mol. The number of benzene rings is 1. The Hall–Kier alpha value is -2.65. The number of carbonyl (C=O) groups is 1. The molecule has 1 atom stereocenters. The first-order valence-corrected chi connectivity index (χ1v) is 9.03. The van der Waals surface area contributed by atoms with Crippen molar-refractivity contribution in [3.63, 3.8) is 0 Å². The van der Waals surface area contributed by atoms with Gasteiger partial charge in [0.1, 0.15) is 6.61 Å². The highest BCUT2D eigenvalue weighted by Gasteiger charge is 2.27. The van der Waals surface area contributed by atoms with E-state index in [2.05, 4.69) is 19.7 Å². The van der Waals surface area contributed by atoms with Crippen molar-refractivity contribution < 1.29 is 9.53 Å². The number of cyclic esters (lactones) is 1. The minimum atomic E-state index is -0.427. The van der Waals surface area contributed by atoms with Gasteiger partial charge in [-0.3, -0.25) is 4.79 Å². The Morgan fingerprint density at radius 1 is 1.38 bits per heavy atom. The lowest BCUT2D eigenvalue weighted by atomic mass is 10.1. The standard InChI is InChI=1S/C16H14ClN5O3S/c1-8(11-7-9-6-10(17)2-3-12(9)19-13(11)23)18-14-20-15(26-21-14)22-4-5-25-16(22)24/h2-3,6-8H,4-5H2,1H3,(H,18,21)(H,19,23)/t8-/m0/s1. The first kappa shape index (κ1) is 16.8. The molecule has 134 valence electrons. The number of hydrogen-bond donors (Lipinski definition) is 2. The van der Waals surface area contributed by atoms with Crippen LogP contribution in [0.25, 0.3) is 10.9 Å². The second-order valence-electron chi connectivity index (χ2n) is 5.82. The fraction of sp³-hybridized carbons (Fsp3) is 0.250. The quantitative estimate of drug-likeness (QED) is 0.708. The molecule has 2 aromatic heterocycles. The minimum absolute atomic E-state index is 0.196. The van der Waals surface area contributed by atoms with Crippen molar-refractivity contribution in [1.29, 1.82) is 0 Å². The zero-order valence-electron chi connectivity index (χ0n) is 13.7. The van der Waals surface area contributed by atoms with Gasteiger partial charge in [-0.15, -0.1) is 0 Å². The van der Waals surface area contributed by atoms with Crippen LogP contribution in [-0.4, -0.2) is 33.6 Å². The predicted molar refractivity (Wildman–Crippen MR) is 100 cm³/mol. The molecule has 10 heteroatoms. The number of ether oxygens (including phenoxy) is 1. The fourth-order valence-corrected chi connectivity index (χ4v) is 3.57. The van der Waals surface area contributed by atoms with Crippen LogP contribution in [0.15, 0.2) is 29.1 Å². The van der Waals surface area contributed by atoms with Gasteiger partial charge >= 0.3 is 6.09 Å². The van der Waals surface area contributed by atoms with Gasteiger partial charge in [0.15, 0.2) is 0 Å². The van der Waals surface area contributed by atoms with Gasteiger partial charge < -0.3 is 15.0 Å². The lowest BCUT2D eigenvalue weighted by molar-refractivity contribution is 0.181. The highest BCUT2D eigenvalue weighted by Crippen LogP contribution is 2.25. The maximum Gasteiger partial charge on any atom is 0.416 e. The van der Waals surface area contributed by atoms with E-state index in [4.69, 9.17) is 16.3 Å². The number of fused-ring (bicyclic) bond motifs is 1. The summed E-state index contributed by atoms with van der Waals surface area (Å²) in [5.74, 6) is 0.350. The van der Waals surface area contributed by atoms with E-state index in [9.17, 15) is 9.59 Å². The number of anilines is 2. The van der Waals surface area contributed by atoms with Crippen molar-refractivity contribution in [3.05, 3.63) is 45.2 Å². The summed E-state index contributed by atoms with van der Waals surface area (Å²) in [4.78, 5) is 32.5. The molecule has 3 heterocycles. The summed E-state index contributed by atoms with van der Waals surface area (Å²) in [6.45, 7) is 2.63. The molecule has 0 bridgehead atoms. The van der Waals surface area contributed by atoms with E-state index in [1.54, 1.807) is 24.3 Å². The van der Waals surface area contributed by atoms with Gasteiger partial charge in [0, 0.05) is 33.0 Å². The molecule has 0 saturated carbocycles. The molecule has 4 rings (SSSR count). The summed E-state index contributed by atoms with van der Waals surface area (Å²) >= 11 is 7.12. The number of amides is 1. The van der Waals surface area contributed by atoms with E-state index in [0.29, 0.717) is 34.8 Å². The molecule has 0 radical (unpaired) electrons. The molecule has 1 fully saturated rings. The molecule has 1 aromatic carbocycles. The lowest BCUT2D eigenvalue weighted by Gasteiger charge is -2.13. The van der Waals surface area contributed by atoms with Crippen LogP contribution in [-0.2, 0) is 4.74 Å². The Labute approximate surface area is 156 Å². The first-order valence-electron chi connectivity index (χ1n) is 7.88. The average Bonchev–Trinajstić information content (AvgIpc) is 3.23. The van der Waals surface area contributed by atoms with Crippen LogP contribution in [0.2, 0.25) is 5.02 Å². The molecule has 1 amide bonds. The van der Waals surface area contributed by atoms with Gasteiger partial charge in [-0.25, -0.2) is 9.69 Å². The third kappa shape index (κ3) is 3.11. The summed E-state index contributed by atoms with van der Waals surface area (Å²) in [6, 6.07) is 6.75. The van der Waals surface area contributed by atoms with Gasteiger partial charge in [-0.2, -0.15) is 9.36 Å². The number of pyridine rings is 1. The van der Waals surface area contributed by atoms with Crippen LogP contribution in [0.5, 0.6) is 0 Å². The number of H-pyrrole nitrogens is 1. The van der Waals surface area contributed by atoms with Crippen LogP contribution in [0, 0.1) is 0 Å². The van der Waals surface area contributed by atoms with E-state index >= 15 is 0 Å². The van der Waals surface area contributed by atoms with Gasteiger partial charge in [0.2, 0.25) is 11.1 Å². The van der Waals surface area contributed by atoms with E-state index in [0.717, 1.165) is 22.4 Å². The highest BCUT2D eigenvalue weighted by atomic mass is 35.5. The summed E-state index contributed by atoms with van der Waals surface area (Å²) in [5.41, 5.74) is 1.06. The highest BCUT2D eigenvalue weighted by molar-refractivity contribution is 7.10. The molecule has 0 unspecified atom stereocenters. The number of nitrogens with zero attached hydrogens (tertiary/aromatic N) is 3. The molecule has 26 heavy (non-hydrogen) atoms. The zero-order chi connectivity index (χ0) is 18.3. The molecular weight excluding hydrogens is 378 g/mol. The number of aromatic amines is 1. The molecule has 1 saturated heterocycles. The van der Waals surface area contributed by atoms with Crippen LogP contribution in [0.4, 0.5) is 15.9 Å². The number of hydrogen-bond acceptors (Lipinski definition) is 7. The number of halogens is 1. The largest absolute Gasteiger partial charge is 0.447 e.